The Morgan fingerprint density at radius 1 is 0.929 bits per heavy atom. The first-order valence-corrected chi connectivity index (χ1v) is 5.76. The minimum absolute atomic E-state index is 1.07. The van der Waals surface area contributed by atoms with Crippen molar-refractivity contribution in [2.45, 2.75) is 48.5 Å². The van der Waals surface area contributed by atoms with Crippen molar-refractivity contribution in [1.82, 2.24) is 10.6 Å². The molecule has 0 aromatic carbocycles. The molecule has 0 heterocycles. The van der Waals surface area contributed by atoms with Crippen molar-refractivity contribution < 1.29 is 0 Å². The van der Waals surface area contributed by atoms with E-state index in [1.165, 1.54) is 0 Å². The largest absolute Gasteiger partial charge is 0.394 e. The van der Waals surface area contributed by atoms with Gasteiger partial charge in [0.2, 0.25) is 0 Å². The third-order valence-corrected chi connectivity index (χ3v) is 0.558. The van der Waals surface area contributed by atoms with Crippen LogP contribution in [0.25, 0.3) is 0 Å². The van der Waals surface area contributed by atoms with E-state index in [1.54, 1.807) is 6.20 Å². The summed E-state index contributed by atoms with van der Waals surface area (Å²) < 4.78 is 0. The predicted octanol–water partition coefficient (Wildman–Crippen LogP) is 3.65. The molecular formula is C12H34N2. The molecule has 0 saturated carbocycles. The zero-order valence-corrected chi connectivity index (χ0v) is 12.0. The van der Waals surface area contributed by atoms with E-state index in [4.69, 9.17) is 0 Å². The average Bonchev–Trinajstić information content (AvgIpc) is 2.36. The molecule has 2 heteroatoms. The summed E-state index contributed by atoms with van der Waals surface area (Å²) in [4.78, 5) is 0. The molecule has 0 atom stereocenters. The molecular weight excluding hydrogens is 172 g/mol. The van der Waals surface area contributed by atoms with E-state index in [9.17, 15) is 0 Å². The number of nitrogens with one attached hydrogen (secondary N) is 2. The van der Waals surface area contributed by atoms with Gasteiger partial charge in [-0.1, -0.05) is 55.0 Å². The second kappa shape index (κ2) is 135. The van der Waals surface area contributed by atoms with Gasteiger partial charge < -0.3 is 10.6 Å². The van der Waals surface area contributed by atoms with E-state index in [0.717, 1.165) is 6.54 Å². The third-order valence-electron chi connectivity index (χ3n) is 0.558. The van der Waals surface area contributed by atoms with E-state index in [1.807, 2.05) is 55.6 Å². The highest BCUT2D eigenvalue weighted by Crippen LogP contribution is 1.34. The van der Waals surface area contributed by atoms with Gasteiger partial charge >= 0.3 is 0 Å². The van der Waals surface area contributed by atoms with Crippen LogP contribution < -0.4 is 10.6 Å². The summed E-state index contributed by atoms with van der Waals surface area (Å²) in [6.45, 7) is 18.5. The molecule has 2 N–H and O–H groups in total. The Bertz CT molecular complexity index is 35.3. The van der Waals surface area contributed by atoms with Crippen molar-refractivity contribution in [3.8, 4) is 0 Å². The predicted molar refractivity (Wildman–Crippen MR) is 72.9 cm³/mol. The van der Waals surface area contributed by atoms with E-state index in [-0.39, 0.29) is 0 Å². The first kappa shape index (κ1) is 29.2. The monoisotopic (exact) mass is 206 g/mol. The summed E-state index contributed by atoms with van der Waals surface area (Å²) in [6, 6.07) is 0. The molecule has 0 fully saturated rings. The van der Waals surface area contributed by atoms with Crippen LogP contribution >= 0.6 is 0 Å². The molecule has 2 nitrogen and oxygen atoms in total. The summed E-state index contributed by atoms with van der Waals surface area (Å²) in [5.74, 6) is 0. The van der Waals surface area contributed by atoms with Gasteiger partial charge in [-0.15, -0.1) is 0 Å². The normalized spacial score (nSPS) is 4.93. The molecule has 0 aliphatic carbocycles. The molecule has 0 aliphatic rings. The summed E-state index contributed by atoms with van der Waals surface area (Å²) >= 11 is 0. The summed E-state index contributed by atoms with van der Waals surface area (Å²) in [5, 5.41) is 5.62. The molecule has 92 valence electrons. The highest BCUT2D eigenvalue weighted by Gasteiger charge is 1.50. The highest BCUT2D eigenvalue weighted by atomic mass is 14.8. The van der Waals surface area contributed by atoms with Crippen molar-refractivity contribution in [1.29, 1.82) is 0 Å². The van der Waals surface area contributed by atoms with E-state index in [2.05, 4.69) is 24.1 Å². The minimum atomic E-state index is 1.07. The molecule has 0 bridgehead atoms. The minimum Gasteiger partial charge on any atom is -0.394 e. The smallest absolute Gasteiger partial charge is 0.00275 e. The van der Waals surface area contributed by atoms with Crippen LogP contribution in [0, 0.1) is 0 Å². The molecule has 0 aromatic rings. The first-order valence-electron chi connectivity index (χ1n) is 5.76. The van der Waals surface area contributed by atoms with Crippen molar-refractivity contribution in [3.05, 3.63) is 12.8 Å². The van der Waals surface area contributed by atoms with Gasteiger partial charge in [0.05, 0.1) is 0 Å². The Hall–Kier alpha value is -0.500. The van der Waals surface area contributed by atoms with E-state index in [0.29, 0.717) is 0 Å². The maximum absolute atomic E-state index is 3.37. The molecule has 0 spiro atoms. The average molecular weight is 206 g/mol. The van der Waals surface area contributed by atoms with Gasteiger partial charge in [-0.3, -0.25) is 0 Å². The first-order chi connectivity index (χ1) is 6.83. The van der Waals surface area contributed by atoms with Gasteiger partial charge in [-0.2, -0.15) is 0 Å². The van der Waals surface area contributed by atoms with Gasteiger partial charge in [-0.25, -0.2) is 0 Å². The number of rotatable bonds is 2. The molecule has 0 radical (unpaired) electrons. The van der Waals surface area contributed by atoms with Crippen molar-refractivity contribution >= 4 is 0 Å². The maximum Gasteiger partial charge on any atom is 0.00275 e. The third kappa shape index (κ3) is 564. The van der Waals surface area contributed by atoms with Gasteiger partial charge in [0.1, 0.15) is 0 Å². The fourth-order valence-electron chi connectivity index (χ4n) is 0. The lowest BCUT2D eigenvalue weighted by Gasteiger charge is -1.76. The van der Waals surface area contributed by atoms with E-state index < -0.39 is 0 Å². The van der Waals surface area contributed by atoms with Gasteiger partial charge in [-0.05, 0) is 19.8 Å². The molecule has 14 heavy (non-hydrogen) atoms. The van der Waals surface area contributed by atoms with Crippen LogP contribution in [0.3, 0.4) is 0 Å². The Balaban J connectivity index is -0.0000000255. The maximum atomic E-state index is 3.37. The van der Waals surface area contributed by atoms with Crippen molar-refractivity contribution in [3.63, 3.8) is 0 Å². The van der Waals surface area contributed by atoms with Crippen LogP contribution in [-0.2, 0) is 0 Å². The summed E-state index contributed by atoms with van der Waals surface area (Å²) in [6.07, 6.45) is 1.62. The lowest BCUT2D eigenvalue weighted by Crippen LogP contribution is -2.01. The van der Waals surface area contributed by atoms with Crippen LogP contribution in [0.2, 0.25) is 0 Å². The number of hydrogen-bond acceptors (Lipinski definition) is 2. The van der Waals surface area contributed by atoms with Crippen LogP contribution in [0.15, 0.2) is 12.8 Å². The Morgan fingerprint density at radius 3 is 1.07 bits per heavy atom. The SMILES string of the molecule is C=CNC.CC.CC.CC.CCNC. The quantitative estimate of drug-likeness (QED) is 0.720. The van der Waals surface area contributed by atoms with Crippen molar-refractivity contribution in [2.24, 2.45) is 0 Å². The fraction of sp³-hybridized carbons (Fsp3) is 0.833. The van der Waals surface area contributed by atoms with Crippen LogP contribution in [0.5, 0.6) is 0 Å². The highest BCUT2D eigenvalue weighted by molar-refractivity contribution is 4.55. The zero-order chi connectivity index (χ0) is 12.8. The molecule has 0 amide bonds. The Labute approximate surface area is 93.2 Å². The molecule has 0 aliphatic heterocycles. The van der Waals surface area contributed by atoms with Crippen LogP contribution in [-0.4, -0.2) is 20.6 Å². The fourth-order valence-corrected chi connectivity index (χ4v) is 0. The Kier molecular flexibility index (Phi) is 281. The summed E-state index contributed by atoms with van der Waals surface area (Å²) in [7, 11) is 3.74. The summed E-state index contributed by atoms with van der Waals surface area (Å²) in [5.41, 5.74) is 0. The molecule has 0 unspecified atom stereocenters. The van der Waals surface area contributed by atoms with Crippen LogP contribution in [0.1, 0.15) is 48.5 Å². The zero-order valence-electron chi connectivity index (χ0n) is 12.0. The molecule has 0 aromatic heterocycles. The van der Waals surface area contributed by atoms with Gasteiger partial charge in [0.25, 0.3) is 0 Å². The lowest BCUT2D eigenvalue weighted by molar-refractivity contribution is 0.864. The second-order valence-corrected chi connectivity index (χ2v) is 1.20. The lowest BCUT2D eigenvalue weighted by atomic mass is 10.8. The molecule has 0 saturated heterocycles. The second-order valence-electron chi connectivity index (χ2n) is 1.20. The Morgan fingerprint density at radius 2 is 1.07 bits per heavy atom. The molecule has 0 rings (SSSR count). The van der Waals surface area contributed by atoms with Gasteiger partial charge in [0.15, 0.2) is 0 Å². The van der Waals surface area contributed by atoms with E-state index >= 15 is 0 Å². The van der Waals surface area contributed by atoms with Crippen LogP contribution in [0.4, 0.5) is 0 Å². The van der Waals surface area contributed by atoms with Crippen molar-refractivity contribution in [2.75, 3.05) is 20.6 Å². The number of hydrogen-bond donors (Lipinski definition) is 2. The standard InChI is InChI=1S/C3H9N.C3H7N.3C2H6/c2*1-3-4-2;3*1-2/h4H,3H2,1-2H3;3-4H,1H2,2H3;3*1-2H3. The topological polar surface area (TPSA) is 24.1 Å². The van der Waals surface area contributed by atoms with Gasteiger partial charge in [0, 0.05) is 7.05 Å².